The third-order valence-electron chi connectivity index (χ3n) is 2.97. The maximum Gasteiger partial charge on any atom is 0.115 e. The number of hydrogen-bond donors (Lipinski definition) is 1. The van der Waals surface area contributed by atoms with E-state index in [9.17, 15) is 5.11 Å². The first kappa shape index (κ1) is 10.7. The smallest absolute Gasteiger partial charge is 0.115 e. The molecule has 0 amide bonds. The van der Waals surface area contributed by atoms with Gasteiger partial charge in [0, 0.05) is 0 Å². The van der Waals surface area contributed by atoms with Crippen LogP contribution in [0.2, 0.25) is 0 Å². The van der Waals surface area contributed by atoms with Gasteiger partial charge < -0.3 is 5.11 Å². The zero-order valence-corrected chi connectivity index (χ0v) is 9.70. The molecule has 0 fully saturated rings. The van der Waals surface area contributed by atoms with E-state index in [1.165, 1.54) is 16.7 Å². The standard InChI is InChI=1S/C15H16O/c1-11-5-3-4-6-13(11)10-14-7-8-15(16)9-12(14)2/h3-9,16H,10H2,1-2H3. The molecule has 1 heteroatoms. The lowest BCUT2D eigenvalue weighted by Crippen LogP contribution is -1.93. The minimum atomic E-state index is 0.339. The van der Waals surface area contributed by atoms with E-state index in [1.807, 2.05) is 19.1 Å². The topological polar surface area (TPSA) is 20.2 Å². The summed E-state index contributed by atoms with van der Waals surface area (Å²) in [6, 6.07) is 14.0. The summed E-state index contributed by atoms with van der Waals surface area (Å²) in [5, 5.41) is 9.36. The van der Waals surface area contributed by atoms with Gasteiger partial charge in [0.25, 0.3) is 0 Å². The predicted molar refractivity (Wildman–Crippen MR) is 66.8 cm³/mol. The maximum absolute atomic E-state index is 9.36. The van der Waals surface area contributed by atoms with E-state index in [0.29, 0.717) is 5.75 Å². The molecular weight excluding hydrogens is 196 g/mol. The molecule has 0 bridgehead atoms. The Balaban J connectivity index is 2.31. The molecule has 1 nitrogen and oxygen atoms in total. The van der Waals surface area contributed by atoms with Crippen molar-refractivity contribution in [2.75, 3.05) is 0 Å². The normalized spacial score (nSPS) is 10.4. The Bertz CT molecular complexity index is 501. The molecule has 2 aromatic carbocycles. The van der Waals surface area contributed by atoms with Crippen molar-refractivity contribution < 1.29 is 5.11 Å². The summed E-state index contributed by atoms with van der Waals surface area (Å²) < 4.78 is 0. The Morgan fingerprint density at radius 2 is 1.56 bits per heavy atom. The Morgan fingerprint density at radius 1 is 0.875 bits per heavy atom. The molecule has 0 heterocycles. The lowest BCUT2D eigenvalue weighted by molar-refractivity contribution is 0.474. The zero-order chi connectivity index (χ0) is 11.5. The first-order valence-electron chi connectivity index (χ1n) is 5.50. The van der Waals surface area contributed by atoms with Crippen LogP contribution >= 0.6 is 0 Å². The van der Waals surface area contributed by atoms with E-state index in [-0.39, 0.29) is 0 Å². The summed E-state index contributed by atoms with van der Waals surface area (Å²) in [6.45, 7) is 4.17. The molecular formula is C15H16O. The Hall–Kier alpha value is -1.76. The fourth-order valence-corrected chi connectivity index (χ4v) is 1.89. The maximum atomic E-state index is 9.36. The Labute approximate surface area is 96.4 Å². The third-order valence-corrected chi connectivity index (χ3v) is 2.97. The second kappa shape index (κ2) is 4.40. The predicted octanol–water partition coefficient (Wildman–Crippen LogP) is 3.60. The monoisotopic (exact) mass is 212 g/mol. The van der Waals surface area contributed by atoms with Crippen molar-refractivity contribution >= 4 is 0 Å². The van der Waals surface area contributed by atoms with Crippen LogP contribution in [0.25, 0.3) is 0 Å². The van der Waals surface area contributed by atoms with Crippen molar-refractivity contribution in [1.29, 1.82) is 0 Å². The van der Waals surface area contributed by atoms with E-state index < -0.39 is 0 Å². The fraction of sp³-hybridized carbons (Fsp3) is 0.200. The molecule has 0 saturated carbocycles. The molecule has 0 radical (unpaired) electrons. The molecule has 0 aliphatic rings. The second-order valence-corrected chi connectivity index (χ2v) is 4.21. The van der Waals surface area contributed by atoms with Crippen molar-refractivity contribution in [3.63, 3.8) is 0 Å². The highest BCUT2D eigenvalue weighted by Crippen LogP contribution is 2.20. The number of benzene rings is 2. The first-order chi connectivity index (χ1) is 7.66. The Morgan fingerprint density at radius 3 is 2.25 bits per heavy atom. The fourth-order valence-electron chi connectivity index (χ4n) is 1.89. The minimum absolute atomic E-state index is 0.339. The number of rotatable bonds is 2. The highest BCUT2D eigenvalue weighted by molar-refractivity contribution is 5.39. The van der Waals surface area contributed by atoms with Gasteiger partial charge in [-0.05, 0) is 54.7 Å². The summed E-state index contributed by atoms with van der Waals surface area (Å²) in [7, 11) is 0. The molecule has 2 aromatic rings. The number of aromatic hydroxyl groups is 1. The van der Waals surface area contributed by atoms with Crippen molar-refractivity contribution in [2.24, 2.45) is 0 Å². The number of aryl methyl sites for hydroxylation is 2. The summed E-state index contributed by atoms with van der Waals surface area (Å²) in [5.74, 6) is 0.339. The van der Waals surface area contributed by atoms with E-state index in [1.54, 1.807) is 6.07 Å². The number of phenols is 1. The van der Waals surface area contributed by atoms with Gasteiger partial charge in [0.15, 0.2) is 0 Å². The molecule has 16 heavy (non-hydrogen) atoms. The van der Waals surface area contributed by atoms with Gasteiger partial charge in [-0.2, -0.15) is 0 Å². The molecule has 0 aliphatic heterocycles. The molecule has 0 aliphatic carbocycles. The Kier molecular flexibility index (Phi) is 2.95. The molecule has 0 spiro atoms. The summed E-state index contributed by atoms with van der Waals surface area (Å²) in [4.78, 5) is 0. The van der Waals surface area contributed by atoms with Gasteiger partial charge in [-0.3, -0.25) is 0 Å². The van der Waals surface area contributed by atoms with Crippen molar-refractivity contribution in [3.8, 4) is 5.75 Å². The van der Waals surface area contributed by atoms with Crippen LogP contribution in [0.15, 0.2) is 42.5 Å². The van der Waals surface area contributed by atoms with Gasteiger partial charge in [0.2, 0.25) is 0 Å². The first-order valence-corrected chi connectivity index (χ1v) is 5.50. The van der Waals surface area contributed by atoms with Crippen LogP contribution in [0.3, 0.4) is 0 Å². The average Bonchev–Trinajstić information content (AvgIpc) is 2.25. The van der Waals surface area contributed by atoms with Crippen LogP contribution in [-0.2, 0) is 6.42 Å². The van der Waals surface area contributed by atoms with Gasteiger partial charge in [0.1, 0.15) is 5.75 Å². The van der Waals surface area contributed by atoms with Crippen molar-refractivity contribution in [2.45, 2.75) is 20.3 Å². The molecule has 0 saturated heterocycles. The second-order valence-electron chi connectivity index (χ2n) is 4.21. The van der Waals surface area contributed by atoms with E-state index in [2.05, 4.69) is 31.2 Å². The van der Waals surface area contributed by atoms with Crippen LogP contribution in [0.4, 0.5) is 0 Å². The van der Waals surface area contributed by atoms with Gasteiger partial charge in [-0.1, -0.05) is 30.3 Å². The number of hydrogen-bond acceptors (Lipinski definition) is 1. The van der Waals surface area contributed by atoms with Crippen LogP contribution in [0.1, 0.15) is 22.3 Å². The lowest BCUT2D eigenvalue weighted by atomic mass is 9.97. The molecule has 0 atom stereocenters. The van der Waals surface area contributed by atoms with Gasteiger partial charge in [-0.15, -0.1) is 0 Å². The zero-order valence-electron chi connectivity index (χ0n) is 9.70. The van der Waals surface area contributed by atoms with Gasteiger partial charge in [-0.25, -0.2) is 0 Å². The lowest BCUT2D eigenvalue weighted by Gasteiger charge is -2.08. The van der Waals surface area contributed by atoms with Crippen LogP contribution in [0, 0.1) is 13.8 Å². The third kappa shape index (κ3) is 2.25. The average molecular weight is 212 g/mol. The summed E-state index contributed by atoms with van der Waals surface area (Å²) in [5.41, 5.74) is 5.07. The largest absolute Gasteiger partial charge is 0.508 e. The SMILES string of the molecule is Cc1ccccc1Cc1ccc(O)cc1C. The highest BCUT2D eigenvalue weighted by atomic mass is 16.3. The van der Waals surface area contributed by atoms with Crippen molar-refractivity contribution in [3.05, 3.63) is 64.7 Å². The van der Waals surface area contributed by atoms with Gasteiger partial charge in [0.05, 0.1) is 0 Å². The van der Waals surface area contributed by atoms with Crippen LogP contribution in [-0.4, -0.2) is 5.11 Å². The van der Waals surface area contributed by atoms with E-state index in [4.69, 9.17) is 0 Å². The molecule has 2 rings (SSSR count). The number of phenolic OH excluding ortho intramolecular Hbond substituents is 1. The van der Waals surface area contributed by atoms with Crippen LogP contribution < -0.4 is 0 Å². The highest BCUT2D eigenvalue weighted by Gasteiger charge is 2.03. The minimum Gasteiger partial charge on any atom is -0.508 e. The molecule has 82 valence electrons. The van der Waals surface area contributed by atoms with Crippen LogP contribution in [0.5, 0.6) is 5.75 Å². The summed E-state index contributed by atoms with van der Waals surface area (Å²) >= 11 is 0. The molecule has 0 aromatic heterocycles. The molecule has 1 N–H and O–H groups in total. The van der Waals surface area contributed by atoms with Gasteiger partial charge >= 0.3 is 0 Å². The quantitative estimate of drug-likeness (QED) is 0.806. The van der Waals surface area contributed by atoms with Crippen molar-refractivity contribution in [1.82, 2.24) is 0 Å². The summed E-state index contributed by atoms with van der Waals surface area (Å²) in [6.07, 6.45) is 0.929. The molecule has 0 unspecified atom stereocenters. The van der Waals surface area contributed by atoms with E-state index in [0.717, 1.165) is 12.0 Å². The van der Waals surface area contributed by atoms with E-state index >= 15 is 0 Å².